The molecule has 108 valence electrons. The Hall–Kier alpha value is -1.71. The second kappa shape index (κ2) is 5.35. The Morgan fingerprint density at radius 3 is 2.50 bits per heavy atom. The fourth-order valence-corrected chi connectivity index (χ4v) is 2.81. The summed E-state index contributed by atoms with van der Waals surface area (Å²) in [4.78, 5) is 30.6. The summed E-state index contributed by atoms with van der Waals surface area (Å²) in [6.45, 7) is 8.05. The normalized spacial score (nSPS) is 21.4. The van der Waals surface area contributed by atoms with E-state index in [1.807, 2.05) is 45.9 Å². The van der Waals surface area contributed by atoms with Crippen molar-refractivity contribution in [2.45, 2.75) is 46.6 Å². The summed E-state index contributed by atoms with van der Waals surface area (Å²) < 4.78 is 0. The fourth-order valence-electron chi connectivity index (χ4n) is 2.81. The summed E-state index contributed by atoms with van der Waals surface area (Å²) in [7, 11) is 0. The topological polar surface area (TPSA) is 50.3 Å². The molecule has 1 fully saturated rings. The lowest BCUT2D eigenvalue weighted by Crippen LogP contribution is -2.41. The number of carbonyl (C=O) groups excluding carboxylic acids is 2. The lowest BCUT2D eigenvalue weighted by Gasteiger charge is -2.36. The van der Waals surface area contributed by atoms with Gasteiger partial charge in [-0.1, -0.05) is 33.8 Å². The maximum absolute atomic E-state index is 12.5. The monoisotopic (exact) mass is 274 g/mol. The summed E-state index contributed by atoms with van der Waals surface area (Å²) in [5.74, 6) is -0.299. The van der Waals surface area contributed by atoms with Gasteiger partial charge in [-0.2, -0.15) is 0 Å². The van der Waals surface area contributed by atoms with Crippen molar-refractivity contribution < 1.29 is 9.59 Å². The number of carbonyl (C=O) groups is 2. The van der Waals surface area contributed by atoms with Gasteiger partial charge in [0.25, 0.3) is 0 Å². The summed E-state index contributed by atoms with van der Waals surface area (Å²) in [6.07, 6.45) is 2.74. The lowest BCUT2D eigenvalue weighted by molar-refractivity contribution is -0.145. The van der Waals surface area contributed by atoms with Crippen molar-refractivity contribution in [2.75, 3.05) is 0 Å². The van der Waals surface area contributed by atoms with Crippen molar-refractivity contribution >= 4 is 11.8 Å². The summed E-state index contributed by atoms with van der Waals surface area (Å²) >= 11 is 0. The maximum atomic E-state index is 12.5. The molecular formula is C16H22N2O2. The molecule has 1 aromatic rings. The first kappa shape index (κ1) is 14.7. The Morgan fingerprint density at radius 1 is 1.35 bits per heavy atom. The highest BCUT2D eigenvalue weighted by molar-refractivity contribution is 6.04. The predicted molar refractivity (Wildman–Crippen MR) is 76.7 cm³/mol. The molecule has 0 spiro atoms. The van der Waals surface area contributed by atoms with Gasteiger partial charge >= 0.3 is 0 Å². The number of amides is 2. The summed E-state index contributed by atoms with van der Waals surface area (Å²) in [5.41, 5.74) is 0.529. The van der Waals surface area contributed by atoms with Crippen LogP contribution in [0.1, 0.15) is 52.3 Å². The zero-order valence-corrected chi connectivity index (χ0v) is 12.6. The Labute approximate surface area is 120 Å². The molecule has 1 aliphatic heterocycles. The number of aromatic nitrogens is 1. The molecule has 0 aromatic carbocycles. The van der Waals surface area contributed by atoms with Crippen molar-refractivity contribution in [3.63, 3.8) is 0 Å². The minimum Gasteiger partial charge on any atom is -0.274 e. The molecular weight excluding hydrogens is 252 g/mol. The molecule has 2 rings (SSSR count). The van der Waals surface area contributed by atoms with Gasteiger partial charge in [0.15, 0.2) is 0 Å². The molecule has 1 saturated heterocycles. The zero-order chi connectivity index (χ0) is 14.9. The van der Waals surface area contributed by atoms with Gasteiger partial charge in [0.1, 0.15) is 0 Å². The number of nitrogens with zero attached hydrogens (tertiary/aromatic N) is 2. The summed E-state index contributed by atoms with van der Waals surface area (Å²) in [5, 5.41) is 0. The quantitative estimate of drug-likeness (QED) is 0.796. The van der Waals surface area contributed by atoms with Crippen LogP contribution in [0.4, 0.5) is 0 Å². The molecule has 1 aromatic heterocycles. The van der Waals surface area contributed by atoms with Crippen LogP contribution in [-0.4, -0.2) is 21.7 Å². The highest BCUT2D eigenvalue weighted by Gasteiger charge is 2.46. The highest BCUT2D eigenvalue weighted by Crippen LogP contribution is 2.41. The molecule has 0 radical (unpaired) electrons. The average Bonchev–Trinajstić information content (AvgIpc) is 2.66. The molecule has 2 atom stereocenters. The molecule has 1 aliphatic rings. The Balaban J connectivity index is 2.43. The second-order valence-electron chi connectivity index (χ2n) is 6.43. The number of rotatable bonds is 3. The molecule has 0 N–H and O–H groups in total. The number of pyridine rings is 1. The third-order valence-electron chi connectivity index (χ3n) is 3.82. The molecule has 20 heavy (non-hydrogen) atoms. The van der Waals surface area contributed by atoms with Gasteiger partial charge in [-0.25, -0.2) is 0 Å². The SMILES string of the molecule is CCC1CC(=O)N(C(c2ccccn2)C(C)(C)C)C1=O. The van der Waals surface area contributed by atoms with Crippen molar-refractivity contribution in [3.05, 3.63) is 30.1 Å². The minimum absolute atomic E-state index is 0.0527. The van der Waals surface area contributed by atoms with E-state index in [9.17, 15) is 9.59 Å². The zero-order valence-electron chi connectivity index (χ0n) is 12.6. The fraction of sp³-hybridized carbons (Fsp3) is 0.562. The second-order valence-corrected chi connectivity index (χ2v) is 6.43. The first-order chi connectivity index (χ1) is 9.36. The van der Waals surface area contributed by atoms with Gasteiger partial charge in [0, 0.05) is 18.5 Å². The number of imide groups is 1. The number of hydrogen-bond donors (Lipinski definition) is 0. The average molecular weight is 274 g/mol. The van der Waals surface area contributed by atoms with E-state index in [-0.39, 0.29) is 29.2 Å². The highest BCUT2D eigenvalue weighted by atomic mass is 16.2. The van der Waals surface area contributed by atoms with E-state index in [2.05, 4.69) is 4.98 Å². The van der Waals surface area contributed by atoms with E-state index < -0.39 is 0 Å². The van der Waals surface area contributed by atoms with Gasteiger partial charge < -0.3 is 0 Å². The van der Waals surface area contributed by atoms with E-state index in [0.29, 0.717) is 12.8 Å². The number of likely N-dealkylation sites (tertiary alicyclic amines) is 1. The van der Waals surface area contributed by atoms with Crippen LogP contribution in [-0.2, 0) is 9.59 Å². The minimum atomic E-state index is -0.305. The summed E-state index contributed by atoms with van der Waals surface area (Å²) in [6, 6.07) is 5.31. The smallest absolute Gasteiger partial charge is 0.233 e. The van der Waals surface area contributed by atoms with Crippen LogP contribution < -0.4 is 0 Å². The van der Waals surface area contributed by atoms with Crippen LogP contribution in [0.2, 0.25) is 0 Å². The van der Waals surface area contributed by atoms with Crippen LogP contribution in [0, 0.1) is 11.3 Å². The van der Waals surface area contributed by atoms with Crippen LogP contribution >= 0.6 is 0 Å². The van der Waals surface area contributed by atoms with Crippen LogP contribution in [0.25, 0.3) is 0 Å². The Bertz CT molecular complexity index is 505. The Kier molecular flexibility index (Phi) is 3.93. The van der Waals surface area contributed by atoms with Crippen molar-refractivity contribution in [1.82, 2.24) is 9.88 Å². The predicted octanol–water partition coefficient (Wildman–Crippen LogP) is 2.95. The third kappa shape index (κ3) is 2.60. The van der Waals surface area contributed by atoms with Gasteiger partial charge in [-0.3, -0.25) is 19.5 Å². The van der Waals surface area contributed by atoms with E-state index >= 15 is 0 Å². The van der Waals surface area contributed by atoms with Crippen LogP contribution in [0.5, 0.6) is 0 Å². The van der Waals surface area contributed by atoms with Crippen molar-refractivity contribution in [1.29, 1.82) is 0 Å². The van der Waals surface area contributed by atoms with Crippen LogP contribution in [0.15, 0.2) is 24.4 Å². The first-order valence-electron chi connectivity index (χ1n) is 7.13. The first-order valence-corrected chi connectivity index (χ1v) is 7.13. The molecule has 0 aliphatic carbocycles. The van der Waals surface area contributed by atoms with E-state index in [4.69, 9.17) is 0 Å². The molecule has 4 nitrogen and oxygen atoms in total. The van der Waals surface area contributed by atoms with Gasteiger partial charge in [0.05, 0.1) is 11.7 Å². The van der Waals surface area contributed by atoms with E-state index in [1.54, 1.807) is 6.20 Å². The van der Waals surface area contributed by atoms with Gasteiger partial charge in [-0.15, -0.1) is 0 Å². The van der Waals surface area contributed by atoms with Crippen molar-refractivity contribution in [3.8, 4) is 0 Å². The molecule has 2 heterocycles. The third-order valence-corrected chi connectivity index (χ3v) is 3.82. The van der Waals surface area contributed by atoms with Crippen molar-refractivity contribution in [2.24, 2.45) is 11.3 Å². The largest absolute Gasteiger partial charge is 0.274 e. The Morgan fingerprint density at radius 2 is 2.05 bits per heavy atom. The molecule has 4 heteroatoms. The van der Waals surface area contributed by atoms with Crippen LogP contribution in [0.3, 0.4) is 0 Å². The van der Waals surface area contributed by atoms with Gasteiger partial charge in [-0.05, 0) is 24.0 Å². The molecule has 0 saturated carbocycles. The molecule has 2 unspecified atom stereocenters. The molecule has 2 amide bonds. The van der Waals surface area contributed by atoms with E-state index in [0.717, 1.165) is 5.69 Å². The van der Waals surface area contributed by atoms with E-state index in [1.165, 1.54) is 4.90 Å². The number of hydrogen-bond acceptors (Lipinski definition) is 3. The molecule has 0 bridgehead atoms. The van der Waals surface area contributed by atoms with Gasteiger partial charge in [0.2, 0.25) is 11.8 Å². The standard InChI is InChI=1S/C16H22N2O2/c1-5-11-10-13(19)18(15(11)20)14(16(2,3)4)12-8-6-7-9-17-12/h6-9,11,14H,5,10H2,1-4H3. The maximum Gasteiger partial charge on any atom is 0.233 e. The lowest BCUT2D eigenvalue weighted by atomic mass is 9.83.